The van der Waals surface area contributed by atoms with E-state index in [0.29, 0.717) is 10.2 Å². The molecule has 106 valence electrons. The summed E-state index contributed by atoms with van der Waals surface area (Å²) in [5.74, 6) is -0.0413. The summed E-state index contributed by atoms with van der Waals surface area (Å²) in [5, 5.41) is 2.27. The van der Waals surface area contributed by atoms with Crippen LogP contribution in [0.2, 0.25) is 5.28 Å². The number of nitrogens with zero attached hydrogens (tertiary/aromatic N) is 2. The number of hydrogen-bond donors (Lipinski definition) is 1. The zero-order valence-electron chi connectivity index (χ0n) is 9.47. The molecule has 1 N–H and O–H groups in total. The van der Waals surface area contributed by atoms with Crippen LogP contribution in [-0.2, 0) is 6.18 Å². The summed E-state index contributed by atoms with van der Waals surface area (Å²) in [6, 6.07) is 5.95. The van der Waals surface area contributed by atoms with E-state index >= 15 is 0 Å². The highest BCUT2D eigenvalue weighted by Crippen LogP contribution is 2.32. The van der Waals surface area contributed by atoms with Crippen molar-refractivity contribution in [3.63, 3.8) is 0 Å². The van der Waals surface area contributed by atoms with Crippen molar-refractivity contribution in [2.75, 3.05) is 5.32 Å². The number of nitrogens with one attached hydrogen (secondary N) is 1. The van der Waals surface area contributed by atoms with Crippen molar-refractivity contribution < 1.29 is 13.2 Å². The van der Waals surface area contributed by atoms with E-state index in [1.165, 1.54) is 0 Å². The highest BCUT2D eigenvalue weighted by atomic mass is 79.9. The van der Waals surface area contributed by atoms with Crippen LogP contribution < -0.4 is 5.32 Å². The average Bonchev–Trinajstić information content (AvgIpc) is 2.31. The average molecular weight is 431 g/mol. The first-order valence-electron chi connectivity index (χ1n) is 5.09. The molecule has 9 heteroatoms. The van der Waals surface area contributed by atoms with Crippen LogP contribution in [0.25, 0.3) is 0 Å². The van der Waals surface area contributed by atoms with E-state index in [1.807, 2.05) is 0 Å². The normalized spacial score (nSPS) is 11.5. The second kappa shape index (κ2) is 5.87. The van der Waals surface area contributed by atoms with Crippen LogP contribution in [0.3, 0.4) is 0 Å². The van der Waals surface area contributed by atoms with Crippen molar-refractivity contribution >= 4 is 55.0 Å². The molecule has 0 radical (unpaired) electrons. The maximum absolute atomic E-state index is 12.6. The van der Waals surface area contributed by atoms with E-state index < -0.39 is 17.2 Å². The van der Waals surface area contributed by atoms with Gasteiger partial charge in [0.05, 0.1) is 5.69 Å². The third-order valence-electron chi connectivity index (χ3n) is 2.18. The molecule has 0 saturated heterocycles. The first-order valence-corrected chi connectivity index (χ1v) is 7.06. The molecule has 0 bridgehead atoms. The van der Waals surface area contributed by atoms with Gasteiger partial charge in [0.15, 0.2) is 5.69 Å². The molecule has 0 spiro atoms. The summed E-state index contributed by atoms with van der Waals surface area (Å²) < 4.78 is 39.4. The maximum Gasteiger partial charge on any atom is 0.433 e. The molecule has 0 atom stereocenters. The van der Waals surface area contributed by atoms with Gasteiger partial charge in [-0.25, -0.2) is 9.97 Å². The van der Waals surface area contributed by atoms with E-state index in [4.69, 9.17) is 11.6 Å². The molecule has 2 rings (SSSR count). The number of anilines is 2. The lowest BCUT2D eigenvalue weighted by Crippen LogP contribution is -2.10. The SMILES string of the molecule is FC(F)(F)c1cc(Nc2ccc(Br)cc2Br)nc(Cl)n1. The molecule has 0 aliphatic carbocycles. The molecule has 1 aromatic heterocycles. The number of hydrogen-bond acceptors (Lipinski definition) is 3. The Balaban J connectivity index is 2.36. The van der Waals surface area contributed by atoms with Crippen LogP contribution in [0, 0.1) is 0 Å². The lowest BCUT2D eigenvalue weighted by molar-refractivity contribution is -0.141. The highest BCUT2D eigenvalue weighted by molar-refractivity contribution is 9.11. The van der Waals surface area contributed by atoms with Gasteiger partial charge in [0.25, 0.3) is 0 Å². The van der Waals surface area contributed by atoms with Gasteiger partial charge < -0.3 is 5.32 Å². The van der Waals surface area contributed by atoms with Gasteiger partial charge in [-0.1, -0.05) is 15.9 Å². The Bertz CT molecular complexity index is 649. The van der Waals surface area contributed by atoms with Crippen molar-refractivity contribution in [3.8, 4) is 0 Å². The Morgan fingerprint density at radius 3 is 2.40 bits per heavy atom. The number of benzene rings is 1. The van der Waals surface area contributed by atoms with Crippen molar-refractivity contribution in [1.82, 2.24) is 9.97 Å². The quantitative estimate of drug-likeness (QED) is 0.646. The second-order valence-corrected chi connectivity index (χ2v) is 5.76. The maximum atomic E-state index is 12.6. The van der Waals surface area contributed by atoms with Crippen LogP contribution in [-0.4, -0.2) is 9.97 Å². The minimum absolute atomic E-state index is 0.0413. The molecular weight excluding hydrogens is 426 g/mol. The van der Waals surface area contributed by atoms with Crippen LogP contribution in [0.1, 0.15) is 5.69 Å². The van der Waals surface area contributed by atoms with E-state index in [0.717, 1.165) is 10.5 Å². The van der Waals surface area contributed by atoms with Gasteiger partial charge in [0.1, 0.15) is 5.82 Å². The minimum atomic E-state index is -4.58. The van der Waals surface area contributed by atoms with Crippen LogP contribution in [0.15, 0.2) is 33.2 Å². The Morgan fingerprint density at radius 2 is 1.80 bits per heavy atom. The molecule has 2 aromatic rings. The van der Waals surface area contributed by atoms with Crippen molar-refractivity contribution in [2.24, 2.45) is 0 Å². The van der Waals surface area contributed by atoms with E-state index in [2.05, 4.69) is 47.1 Å². The largest absolute Gasteiger partial charge is 0.433 e. The number of rotatable bonds is 2. The van der Waals surface area contributed by atoms with Crippen LogP contribution in [0.5, 0.6) is 0 Å². The lowest BCUT2D eigenvalue weighted by atomic mass is 10.3. The van der Waals surface area contributed by atoms with Crippen molar-refractivity contribution in [1.29, 1.82) is 0 Å². The molecule has 0 aliphatic rings. The molecule has 0 aliphatic heterocycles. The number of alkyl halides is 3. The third kappa shape index (κ3) is 3.83. The van der Waals surface area contributed by atoms with Gasteiger partial charge >= 0.3 is 6.18 Å². The molecule has 0 unspecified atom stereocenters. The summed E-state index contributed by atoms with van der Waals surface area (Å²) in [5.41, 5.74) is -0.552. The summed E-state index contributed by atoms with van der Waals surface area (Å²) in [7, 11) is 0. The summed E-state index contributed by atoms with van der Waals surface area (Å²) in [6.07, 6.45) is -4.58. The monoisotopic (exact) mass is 429 g/mol. The highest BCUT2D eigenvalue weighted by Gasteiger charge is 2.33. The number of aromatic nitrogens is 2. The second-order valence-electron chi connectivity index (χ2n) is 3.65. The number of halogens is 6. The van der Waals surface area contributed by atoms with Gasteiger partial charge in [-0.05, 0) is 45.7 Å². The fourth-order valence-corrected chi connectivity index (χ4v) is 2.68. The molecule has 0 fully saturated rings. The summed E-state index contributed by atoms with van der Waals surface area (Å²) in [6.45, 7) is 0. The van der Waals surface area contributed by atoms with E-state index in [9.17, 15) is 13.2 Å². The van der Waals surface area contributed by atoms with Crippen molar-refractivity contribution in [2.45, 2.75) is 6.18 Å². The zero-order chi connectivity index (χ0) is 14.9. The Hall–Kier alpha value is -0.860. The van der Waals surface area contributed by atoms with Gasteiger partial charge in [0, 0.05) is 15.0 Å². The van der Waals surface area contributed by atoms with Crippen LogP contribution in [0.4, 0.5) is 24.7 Å². The molecule has 20 heavy (non-hydrogen) atoms. The molecule has 3 nitrogen and oxygen atoms in total. The molecular formula is C11H5Br2ClF3N3. The molecule has 1 aromatic carbocycles. The summed E-state index contributed by atoms with van der Waals surface area (Å²) in [4.78, 5) is 6.87. The standard InChI is InChI=1S/C11H5Br2ClF3N3/c12-5-1-2-7(6(13)3-5)18-9-4-8(11(15,16)17)19-10(14)20-9/h1-4H,(H,18,19,20). The van der Waals surface area contributed by atoms with Gasteiger partial charge in [0.2, 0.25) is 5.28 Å². The fraction of sp³-hybridized carbons (Fsp3) is 0.0909. The predicted octanol–water partition coefficient (Wildman–Crippen LogP) is 5.42. The zero-order valence-corrected chi connectivity index (χ0v) is 13.4. The smallest absolute Gasteiger partial charge is 0.339 e. The Morgan fingerprint density at radius 1 is 1.10 bits per heavy atom. The lowest BCUT2D eigenvalue weighted by Gasteiger charge is -2.11. The van der Waals surface area contributed by atoms with Gasteiger partial charge in [-0.15, -0.1) is 0 Å². The Labute approximate surface area is 133 Å². The minimum Gasteiger partial charge on any atom is -0.339 e. The molecule has 1 heterocycles. The molecule has 0 saturated carbocycles. The summed E-state index contributed by atoms with van der Waals surface area (Å²) >= 11 is 12.1. The first kappa shape index (κ1) is 15.5. The topological polar surface area (TPSA) is 37.8 Å². The fourth-order valence-electron chi connectivity index (χ4n) is 1.36. The van der Waals surface area contributed by atoms with Gasteiger partial charge in [-0.3, -0.25) is 0 Å². The third-order valence-corrected chi connectivity index (χ3v) is 3.50. The van der Waals surface area contributed by atoms with Crippen LogP contribution >= 0.6 is 43.5 Å². The molecule has 0 amide bonds. The predicted molar refractivity (Wildman–Crippen MR) is 77.2 cm³/mol. The van der Waals surface area contributed by atoms with Gasteiger partial charge in [-0.2, -0.15) is 13.2 Å². The Kier molecular flexibility index (Phi) is 4.55. The first-order chi connectivity index (χ1) is 9.25. The van der Waals surface area contributed by atoms with E-state index in [1.54, 1.807) is 18.2 Å². The van der Waals surface area contributed by atoms with Crippen molar-refractivity contribution in [3.05, 3.63) is 44.2 Å². The van der Waals surface area contributed by atoms with E-state index in [-0.39, 0.29) is 5.82 Å².